The molecular formula is C13H17NO4S. The van der Waals surface area contributed by atoms with Crippen molar-refractivity contribution in [3.63, 3.8) is 0 Å². The third-order valence-corrected chi connectivity index (χ3v) is 5.53. The second-order valence-electron chi connectivity index (χ2n) is 4.99. The Bertz CT molecular complexity index is 609. The van der Waals surface area contributed by atoms with E-state index in [4.69, 9.17) is 5.11 Å². The quantitative estimate of drug-likeness (QED) is 0.916. The van der Waals surface area contributed by atoms with Gasteiger partial charge >= 0.3 is 5.97 Å². The van der Waals surface area contributed by atoms with Gasteiger partial charge in [0.25, 0.3) is 0 Å². The fourth-order valence-electron chi connectivity index (χ4n) is 2.38. The number of carboxylic acid groups (broad SMARTS) is 1. The predicted molar refractivity (Wildman–Crippen MR) is 70.7 cm³/mol. The topological polar surface area (TPSA) is 74.7 Å². The summed E-state index contributed by atoms with van der Waals surface area (Å²) >= 11 is 0. The maximum atomic E-state index is 12.5. The number of nitrogens with zero attached hydrogens (tertiary/aromatic N) is 1. The number of benzene rings is 1. The van der Waals surface area contributed by atoms with Crippen LogP contribution in [0.25, 0.3) is 0 Å². The normalized spacial score (nSPS) is 20.6. The molecule has 0 amide bonds. The summed E-state index contributed by atoms with van der Waals surface area (Å²) < 4.78 is 26.5. The number of sulfonamides is 1. The van der Waals surface area contributed by atoms with E-state index in [1.807, 2.05) is 6.92 Å². The first kappa shape index (κ1) is 14.0. The average molecular weight is 283 g/mol. The second kappa shape index (κ2) is 4.94. The van der Waals surface area contributed by atoms with Crippen molar-refractivity contribution < 1.29 is 18.3 Å². The molecular weight excluding hydrogens is 266 g/mol. The number of hydrogen-bond acceptors (Lipinski definition) is 3. The van der Waals surface area contributed by atoms with Crippen LogP contribution in [0.5, 0.6) is 0 Å². The number of rotatable bonds is 3. The second-order valence-corrected chi connectivity index (χ2v) is 6.90. The number of carbonyl (C=O) groups is 1. The molecule has 6 heteroatoms. The van der Waals surface area contributed by atoms with Crippen molar-refractivity contribution in [3.05, 3.63) is 29.3 Å². The van der Waals surface area contributed by atoms with Gasteiger partial charge in [0.1, 0.15) is 0 Å². The molecule has 1 N–H and O–H groups in total. The first-order valence-electron chi connectivity index (χ1n) is 6.17. The van der Waals surface area contributed by atoms with E-state index in [2.05, 4.69) is 0 Å². The van der Waals surface area contributed by atoms with Gasteiger partial charge in [-0.25, -0.2) is 13.2 Å². The smallest absolute Gasteiger partial charge is 0.335 e. The maximum Gasteiger partial charge on any atom is 0.335 e. The summed E-state index contributed by atoms with van der Waals surface area (Å²) in [5.41, 5.74) is 0.336. The minimum Gasteiger partial charge on any atom is -0.478 e. The maximum absolute atomic E-state index is 12.5. The van der Waals surface area contributed by atoms with E-state index in [-0.39, 0.29) is 10.5 Å². The zero-order valence-electron chi connectivity index (χ0n) is 11.0. The third-order valence-electron chi connectivity index (χ3n) is 3.52. The molecule has 1 aliphatic heterocycles. The van der Waals surface area contributed by atoms with Crippen molar-refractivity contribution in [1.82, 2.24) is 4.31 Å². The lowest BCUT2D eigenvalue weighted by Gasteiger charge is -2.18. The first-order valence-corrected chi connectivity index (χ1v) is 7.61. The van der Waals surface area contributed by atoms with Gasteiger partial charge in [0.15, 0.2) is 0 Å². The molecule has 1 saturated heterocycles. The van der Waals surface area contributed by atoms with Crippen LogP contribution in [-0.2, 0) is 10.0 Å². The van der Waals surface area contributed by atoms with Gasteiger partial charge in [0.05, 0.1) is 10.5 Å². The van der Waals surface area contributed by atoms with Crippen molar-refractivity contribution in [1.29, 1.82) is 0 Å². The van der Waals surface area contributed by atoms with Gasteiger partial charge in [-0.3, -0.25) is 0 Å². The van der Waals surface area contributed by atoms with Crippen molar-refractivity contribution in [2.24, 2.45) is 5.92 Å². The molecule has 2 rings (SSSR count). The highest BCUT2D eigenvalue weighted by atomic mass is 32.2. The fraction of sp³-hybridized carbons (Fsp3) is 0.462. The molecule has 1 fully saturated rings. The monoisotopic (exact) mass is 283 g/mol. The van der Waals surface area contributed by atoms with Crippen molar-refractivity contribution in [2.75, 3.05) is 13.1 Å². The van der Waals surface area contributed by atoms with Gasteiger partial charge < -0.3 is 5.11 Å². The Hall–Kier alpha value is -1.40. The Morgan fingerprint density at radius 3 is 2.63 bits per heavy atom. The molecule has 19 heavy (non-hydrogen) atoms. The Kier molecular flexibility index (Phi) is 3.64. The van der Waals surface area contributed by atoms with Crippen LogP contribution in [-0.4, -0.2) is 36.9 Å². The standard InChI is InChI=1S/C13H17NO4S/c1-9-6-7-14(8-9)19(17,18)12-5-3-4-11(10(12)2)13(15)16/h3-5,9H,6-8H2,1-2H3,(H,15,16). The van der Waals surface area contributed by atoms with Crippen LogP contribution in [0.4, 0.5) is 0 Å². The van der Waals surface area contributed by atoms with E-state index in [1.165, 1.54) is 29.4 Å². The number of carboxylic acids is 1. The molecule has 1 aliphatic rings. The summed E-state index contributed by atoms with van der Waals surface area (Å²) in [6.07, 6.45) is 0.844. The van der Waals surface area contributed by atoms with Crippen LogP contribution < -0.4 is 0 Å². The van der Waals surface area contributed by atoms with Crippen LogP contribution in [0, 0.1) is 12.8 Å². The molecule has 5 nitrogen and oxygen atoms in total. The minimum absolute atomic E-state index is 0.0355. The van der Waals surface area contributed by atoms with Gasteiger partial charge in [-0.05, 0) is 37.0 Å². The molecule has 1 aromatic rings. The van der Waals surface area contributed by atoms with Gasteiger partial charge in [-0.15, -0.1) is 0 Å². The Labute approximate surface area is 112 Å². The van der Waals surface area contributed by atoms with Crippen LogP contribution in [0.2, 0.25) is 0 Å². The molecule has 1 atom stereocenters. The Morgan fingerprint density at radius 2 is 2.11 bits per heavy atom. The molecule has 1 aromatic carbocycles. The van der Waals surface area contributed by atoms with E-state index in [0.29, 0.717) is 24.6 Å². The minimum atomic E-state index is -3.59. The summed E-state index contributed by atoms with van der Waals surface area (Å²) in [7, 11) is -3.59. The molecule has 104 valence electrons. The van der Waals surface area contributed by atoms with Gasteiger partial charge in [0.2, 0.25) is 10.0 Å². The largest absolute Gasteiger partial charge is 0.478 e. The van der Waals surface area contributed by atoms with E-state index < -0.39 is 16.0 Å². The van der Waals surface area contributed by atoms with Crippen LogP contribution in [0.3, 0.4) is 0 Å². The van der Waals surface area contributed by atoms with Gasteiger partial charge in [-0.1, -0.05) is 13.0 Å². The molecule has 0 radical (unpaired) electrons. The van der Waals surface area contributed by atoms with Crippen molar-refractivity contribution in [2.45, 2.75) is 25.2 Å². The molecule has 1 unspecified atom stereocenters. The Morgan fingerprint density at radius 1 is 1.42 bits per heavy atom. The number of hydrogen-bond donors (Lipinski definition) is 1. The van der Waals surface area contributed by atoms with Crippen LogP contribution in [0.1, 0.15) is 29.3 Å². The molecule has 0 spiro atoms. The summed E-state index contributed by atoms with van der Waals surface area (Å²) in [6.45, 7) is 4.55. The highest BCUT2D eigenvalue weighted by Gasteiger charge is 2.32. The Balaban J connectivity index is 2.47. The highest BCUT2D eigenvalue weighted by molar-refractivity contribution is 7.89. The van der Waals surface area contributed by atoms with Crippen LogP contribution in [0.15, 0.2) is 23.1 Å². The first-order chi connectivity index (χ1) is 8.84. The lowest BCUT2D eigenvalue weighted by molar-refractivity contribution is 0.0696. The fourth-order valence-corrected chi connectivity index (χ4v) is 4.20. The number of aromatic carboxylic acids is 1. The summed E-state index contributed by atoms with van der Waals surface area (Å²) in [4.78, 5) is 11.2. The summed E-state index contributed by atoms with van der Waals surface area (Å²) in [6, 6.07) is 4.37. The summed E-state index contributed by atoms with van der Waals surface area (Å²) in [5.74, 6) is -0.762. The van der Waals surface area contributed by atoms with Gasteiger partial charge in [-0.2, -0.15) is 4.31 Å². The zero-order valence-corrected chi connectivity index (χ0v) is 11.8. The molecule has 0 saturated carbocycles. The predicted octanol–water partition coefficient (Wildman–Crippen LogP) is 1.72. The molecule has 0 aliphatic carbocycles. The average Bonchev–Trinajstić information content (AvgIpc) is 2.76. The van der Waals surface area contributed by atoms with E-state index in [1.54, 1.807) is 0 Å². The highest BCUT2D eigenvalue weighted by Crippen LogP contribution is 2.27. The van der Waals surface area contributed by atoms with Crippen LogP contribution >= 0.6 is 0 Å². The molecule has 0 bridgehead atoms. The van der Waals surface area contributed by atoms with E-state index >= 15 is 0 Å². The molecule has 1 heterocycles. The van der Waals surface area contributed by atoms with Crippen molar-refractivity contribution in [3.8, 4) is 0 Å². The SMILES string of the molecule is Cc1c(C(=O)O)cccc1S(=O)(=O)N1CCC(C)C1. The molecule has 0 aromatic heterocycles. The summed E-state index contributed by atoms with van der Waals surface area (Å²) in [5, 5.41) is 9.05. The van der Waals surface area contributed by atoms with E-state index in [9.17, 15) is 13.2 Å². The zero-order chi connectivity index (χ0) is 14.2. The lowest BCUT2D eigenvalue weighted by atomic mass is 10.1. The third kappa shape index (κ3) is 2.50. The lowest BCUT2D eigenvalue weighted by Crippen LogP contribution is -2.29. The van der Waals surface area contributed by atoms with Gasteiger partial charge in [0, 0.05) is 13.1 Å². The van der Waals surface area contributed by atoms with E-state index in [0.717, 1.165) is 6.42 Å². The van der Waals surface area contributed by atoms with Crippen molar-refractivity contribution >= 4 is 16.0 Å².